The summed E-state index contributed by atoms with van der Waals surface area (Å²) >= 11 is 3.39. The second-order valence-corrected chi connectivity index (χ2v) is 5.98. The molecule has 0 aliphatic heterocycles. The Bertz CT molecular complexity index is 610. The number of aliphatic hydroxyl groups excluding tert-OH is 1. The number of aryl methyl sites for hydroxylation is 1. The van der Waals surface area contributed by atoms with Gasteiger partial charge in [-0.05, 0) is 60.4 Å². The maximum Gasteiger partial charge on any atom is 0.122 e. The zero-order valence-electron chi connectivity index (χ0n) is 11.6. The standard InChI is InChI=1S/C17H17BrO3/c18-13-2-4-14(5-3-13)20-9-10-21-15-6-7-16-12(11-15)1-8-17(16)19/h2-7,11,17,19H,1,8-10H2/t17-/m1/s1. The van der Waals surface area contributed by atoms with E-state index in [2.05, 4.69) is 15.9 Å². The predicted molar refractivity (Wildman–Crippen MR) is 84.9 cm³/mol. The van der Waals surface area contributed by atoms with Gasteiger partial charge in [-0.3, -0.25) is 0 Å². The van der Waals surface area contributed by atoms with Crippen LogP contribution in [-0.2, 0) is 6.42 Å². The molecule has 0 fully saturated rings. The Morgan fingerprint density at radius 1 is 1.00 bits per heavy atom. The minimum Gasteiger partial charge on any atom is -0.490 e. The highest BCUT2D eigenvalue weighted by atomic mass is 79.9. The zero-order valence-corrected chi connectivity index (χ0v) is 13.2. The van der Waals surface area contributed by atoms with Gasteiger partial charge in [-0.2, -0.15) is 0 Å². The minimum absolute atomic E-state index is 0.310. The fourth-order valence-corrected chi connectivity index (χ4v) is 2.78. The second kappa shape index (κ2) is 6.50. The summed E-state index contributed by atoms with van der Waals surface area (Å²) in [5.74, 6) is 1.67. The summed E-state index contributed by atoms with van der Waals surface area (Å²) in [4.78, 5) is 0. The van der Waals surface area contributed by atoms with E-state index in [-0.39, 0.29) is 6.10 Å². The molecule has 0 spiro atoms. The van der Waals surface area contributed by atoms with Crippen LogP contribution in [0.4, 0.5) is 0 Å². The number of rotatable bonds is 5. The van der Waals surface area contributed by atoms with Crippen molar-refractivity contribution in [3.63, 3.8) is 0 Å². The van der Waals surface area contributed by atoms with Crippen molar-refractivity contribution >= 4 is 15.9 Å². The molecule has 2 aromatic carbocycles. The summed E-state index contributed by atoms with van der Waals surface area (Å²) < 4.78 is 12.3. The molecule has 0 aromatic heterocycles. The van der Waals surface area contributed by atoms with Crippen molar-refractivity contribution in [2.45, 2.75) is 18.9 Å². The van der Waals surface area contributed by atoms with E-state index in [0.29, 0.717) is 13.2 Å². The average molecular weight is 349 g/mol. The lowest BCUT2D eigenvalue weighted by Crippen LogP contribution is -2.09. The summed E-state index contributed by atoms with van der Waals surface area (Å²) in [5.41, 5.74) is 2.22. The van der Waals surface area contributed by atoms with Crippen LogP contribution in [0.15, 0.2) is 46.9 Å². The molecule has 4 heteroatoms. The molecule has 0 radical (unpaired) electrons. The van der Waals surface area contributed by atoms with E-state index < -0.39 is 0 Å². The molecule has 3 rings (SSSR count). The molecule has 3 nitrogen and oxygen atoms in total. The summed E-state index contributed by atoms with van der Waals surface area (Å²) in [6.45, 7) is 0.999. The van der Waals surface area contributed by atoms with Gasteiger partial charge in [0.25, 0.3) is 0 Å². The number of aliphatic hydroxyl groups is 1. The van der Waals surface area contributed by atoms with E-state index in [9.17, 15) is 5.11 Å². The van der Waals surface area contributed by atoms with Gasteiger partial charge in [-0.25, -0.2) is 0 Å². The van der Waals surface area contributed by atoms with E-state index >= 15 is 0 Å². The molecule has 0 bridgehead atoms. The van der Waals surface area contributed by atoms with Crippen LogP contribution in [0.5, 0.6) is 11.5 Å². The van der Waals surface area contributed by atoms with Gasteiger partial charge < -0.3 is 14.6 Å². The smallest absolute Gasteiger partial charge is 0.122 e. The molecule has 1 aliphatic rings. The summed E-state index contributed by atoms with van der Waals surface area (Å²) in [6.07, 6.45) is 1.42. The number of hydrogen-bond acceptors (Lipinski definition) is 3. The third kappa shape index (κ3) is 3.57. The monoisotopic (exact) mass is 348 g/mol. The lowest BCUT2D eigenvalue weighted by atomic mass is 10.1. The van der Waals surface area contributed by atoms with Crippen molar-refractivity contribution in [1.82, 2.24) is 0 Å². The summed E-state index contributed by atoms with van der Waals surface area (Å²) in [7, 11) is 0. The van der Waals surface area contributed by atoms with Crippen LogP contribution in [0.1, 0.15) is 23.7 Å². The molecule has 110 valence electrons. The van der Waals surface area contributed by atoms with Crippen molar-refractivity contribution in [2.75, 3.05) is 13.2 Å². The quantitative estimate of drug-likeness (QED) is 0.833. The Labute approximate surface area is 132 Å². The highest BCUT2D eigenvalue weighted by molar-refractivity contribution is 9.10. The topological polar surface area (TPSA) is 38.7 Å². The first kappa shape index (κ1) is 14.4. The van der Waals surface area contributed by atoms with Crippen LogP contribution >= 0.6 is 15.9 Å². The normalized spacial score (nSPS) is 16.6. The number of ether oxygens (including phenoxy) is 2. The third-order valence-electron chi connectivity index (χ3n) is 3.59. The number of fused-ring (bicyclic) bond motifs is 1. The van der Waals surface area contributed by atoms with Crippen molar-refractivity contribution in [3.8, 4) is 11.5 Å². The third-order valence-corrected chi connectivity index (χ3v) is 4.12. The molecule has 0 heterocycles. The zero-order chi connectivity index (χ0) is 14.7. The van der Waals surface area contributed by atoms with Gasteiger partial charge >= 0.3 is 0 Å². The van der Waals surface area contributed by atoms with Crippen molar-refractivity contribution in [2.24, 2.45) is 0 Å². The van der Waals surface area contributed by atoms with Gasteiger partial charge in [0, 0.05) is 4.47 Å². The van der Waals surface area contributed by atoms with Crippen LogP contribution in [0, 0.1) is 0 Å². The lowest BCUT2D eigenvalue weighted by Gasteiger charge is -2.10. The largest absolute Gasteiger partial charge is 0.490 e. The van der Waals surface area contributed by atoms with Crippen LogP contribution in [0.25, 0.3) is 0 Å². The highest BCUT2D eigenvalue weighted by Gasteiger charge is 2.20. The van der Waals surface area contributed by atoms with Crippen molar-refractivity contribution in [3.05, 3.63) is 58.1 Å². The molecular formula is C17H17BrO3. The predicted octanol–water partition coefficient (Wildman–Crippen LogP) is 3.89. The van der Waals surface area contributed by atoms with E-state index in [4.69, 9.17) is 9.47 Å². The fraction of sp³-hybridized carbons (Fsp3) is 0.294. The Balaban J connectivity index is 1.48. The molecule has 1 aliphatic carbocycles. The van der Waals surface area contributed by atoms with Crippen molar-refractivity contribution < 1.29 is 14.6 Å². The average Bonchev–Trinajstić information content (AvgIpc) is 2.86. The second-order valence-electron chi connectivity index (χ2n) is 5.07. The van der Waals surface area contributed by atoms with Crippen LogP contribution in [0.3, 0.4) is 0 Å². The van der Waals surface area contributed by atoms with Crippen LogP contribution in [-0.4, -0.2) is 18.3 Å². The summed E-state index contributed by atoms with van der Waals surface area (Å²) in [5, 5.41) is 9.77. The molecular weight excluding hydrogens is 332 g/mol. The Morgan fingerprint density at radius 3 is 2.43 bits per heavy atom. The van der Waals surface area contributed by atoms with E-state index in [1.54, 1.807) is 0 Å². The van der Waals surface area contributed by atoms with Crippen molar-refractivity contribution in [1.29, 1.82) is 0 Å². The molecule has 1 N–H and O–H groups in total. The SMILES string of the molecule is O[C@@H]1CCc2cc(OCCOc3ccc(Br)cc3)ccc21. The molecule has 0 saturated carbocycles. The van der Waals surface area contributed by atoms with Crippen LogP contribution in [0.2, 0.25) is 0 Å². The minimum atomic E-state index is -0.310. The maximum absolute atomic E-state index is 9.77. The number of halogens is 1. The molecule has 2 aromatic rings. The first-order chi connectivity index (χ1) is 10.2. The Kier molecular flexibility index (Phi) is 4.46. The fourth-order valence-electron chi connectivity index (χ4n) is 2.51. The highest BCUT2D eigenvalue weighted by Crippen LogP contribution is 2.33. The molecule has 21 heavy (non-hydrogen) atoms. The van der Waals surface area contributed by atoms with E-state index in [0.717, 1.165) is 34.4 Å². The lowest BCUT2D eigenvalue weighted by molar-refractivity contribution is 0.180. The van der Waals surface area contributed by atoms with Gasteiger partial charge in [-0.1, -0.05) is 22.0 Å². The molecule has 0 unspecified atom stereocenters. The van der Waals surface area contributed by atoms with Gasteiger partial charge in [0.05, 0.1) is 6.10 Å². The molecule has 1 atom stereocenters. The van der Waals surface area contributed by atoms with Crippen LogP contribution < -0.4 is 9.47 Å². The van der Waals surface area contributed by atoms with Gasteiger partial charge in [0.1, 0.15) is 24.7 Å². The molecule has 0 amide bonds. The van der Waals surface area contributed by atoms with Gasteiger partial charge in [0.15, 0.2) is 0 Å². The van der Waals surface area contributed by atoms with E-state index in [1.165, 1.54) is 5.56 Å². The first-order valence-corrected chi connectivity index (χ1v) is 7.84. The Hall–Kier alpha value is -1.52. The van der Waals surface area contributed by atoms with Gasteiger partial charge in [-0.15, -0.1) is 0 Å². The maximum atomic E-state index is 9.77. The van der Waals surface area contributed by atoms with Gasteiger partial charge in [0.2, 0.25) is 0 Å². The molecule has 0 saturated heterocycles. The Morgan fingerprint density at radius 2 is 1.67 bits per heavy atom. The number of hydrogen-bond donors (Lipinski definition) is 1. The number of benzene rings is 2. The first-order valence-electron chi connectivity index (χ1n) is 7.04. The van der Waals surface area contributed by atoms with E-state index in [1.807, 2.05) is 42.5 Å². The summed E-state index contributed by atoms with van der Waals surface area (Å²) in [6, 6.07) is 13.6.